The normalized spacial score (nSPS) is 17.0. The maximum Gasteiger partial charge on any atom is 0.241 e. The van der Waals surface area contributed by atoms with Gasteiger partial charge in [0.05, 0.1) is 12.6 Å². The Hall–Kier alpha value is -2.70. The van der Waals surface area contributed by atoms with E-state index in [2.05, 4.69) is 16.2 Å². The van der Waals surface area contributed by atoms with E-state index in [-0.39, 0.29) is 5.91 Å². The van der Waals surface area contributed by atoms with Crippen LogP contribution in [0.3, 0.4) is 0 Å². The zero-order valence-corrected chi connectivity index (χ0v) is 14.7. The molecule has 26 heavy (non-hydrogen) atoms. The number of primary amides is 1. The summed E-state index contributed by atoms with van der Waals surface area (Å²) < 4.78 is 5.38. The van der Waals surface area contributed by atoms with Crippen LogP contribution in [0.2, 0.25) is 5.02 Å². The van der Waals surface area contributed by atoms with Crippen LogP contribution in [0.15, 0.2) is 53.1 Å². The third kappa shape index (κ3) is 3.34. The minimum atomic E-state index is -0.393. The van der Waals surface area contributed by atoms with E-state index in [1.165, 1.54) is 5.56 Å². The third-order valence-electron chi connectivity index (χ3n) is 4.58. The second kappa shape index (κ2) is 6.90. The van der Waals surface area contributed by atoms with Crippen LogP contribution in [0.25, 0.3) is 11.4 Å². The first kappa shape index (κ1) is 16.8. The molecule has 1 aliphatic rings. The zero-order chi connectivity index (χ0) is 18.1. The van der Waals surface area contributed by atoms with Crippen molar-refractivity contribution in [2.45, 2.75) is 25.6 Å². The van der Waals surface area contributed by atoms with Crippen molar-refractivity contribution in [2.24, 2.45) is 5.73 Å². The number of hydrogen-bond acceptors (Lipinski definition) is 5. The summed E-state index contributed by atoms with van der Waals surface area (Å²) >= 11 is 5.91. The first-order chi connectivity index (χ1) is 12.6. The smallest absolute Gasteiger partial charge is 0.241 e. The van der Waals surface area contributed by atoms with E-state index in [1.807, 2.05) is 35.2 Å². The van der Waals surface area contributed by atoms with E-state index in [0.717, 1.165) is 11.1 Å². The fraction of sp³-hybridized carbons (Fsp3) is 0.211. The standard InChI is InChI=1S/C19H17ClN4O2/c20-15-7-5-12(6-8-15)19-22-17(26-23-19)11-24-10-14-4-2-1-3-13(14)9-16(24)18(21)25/h1-8,16H,9-11H2,(H2,21,25). The number of halogens is 1. The summed E-state index contributed by atoms with van der Waals surface area (Å²) in [5.74, 6) is 0.585. The number of benzene rings is 2. The molecule has 1 atom stereocenters. The number of fused-ring (bicyclic) bond motifs is 1. The number of nitrogens with two attached hydrogens (primary N) is 1. The lowest BCUT2D eigenvalue weighted by molar-refractivity contribution is -0.124. The van der Waals surface area contributed by atoms with Gasteiger partial charge in [-0.05, 0) is 41.8 Å². The van der Waals surface area contributed by atoms with Crippen LogP contribution >= 0.6 is 11.6 Å². The van der Waals surface area contributed by atoms with Gasteiger partial charge in [0.15, 0.2) is 0 Å². The first-order valence-corrected chi connectivity index (χ1v) is 8.66. The Labute approximate surface area is 155 Å². The van der Waals surface area contributed by atoms with Gasteiger partial charge in [-0.15, -0.1) is 0 Å². The molecule has 0 spiro atoms. The van der Waals surface area contributed by atoms with Gasteiger partial charge in [-0.1, -0.05) is 41.0 Å². The van der Waals surface area contributed by atoms with Crippen molar-refractivity contribution in [1.82, 2.24) is 15.0 Å². The zero-order valence-electron chi connectivity index (χ0n) is 13.9. The van der Waals surface area contributed by atoms with Crippen LogP contribution in [-0.2, 0) is 24.3 Å². The van der Waals surface area contributed by atoms with Gasteiger partial charge in [-0.3, -0.25) is 9.69 Å². The number of hydrogen-bond donors (Lipinski definition) is 1. The lowest BCUT2D eigenvalue weighted by Gasteiger charge is -2.33. The van der Waals surface area contributed by atoms with Crippen molar-refractivity contribution in [3.8, 4) is 11.4 Å². The second-order valence-electron chi connectivity index (χ2n) is 6.31. The van der Waals surface area contributed by atoms with E-state index in [1.54, 1.807) is 12.1 Å². The average Bonchev–Trinajstić information content (AvgIpc) is 3.10. The predicted molar refractivity (Wildman–Crippen MR) is 97.1 cm³/mol. The lowest BCUT2D eigenvalue weighted by Crippen LogP contribution is -2.48. The van der Waals surface area contributed by atoms with Crippen molar-refractivity contribution in [3.05, 3.63) is 70.6 Å². The molecule has 7 heteroatoms. The van der Waals surface area contributed by atoms with Gasteiger partial charge in [0.1, 0.15) is 0 Å². The summed E-state index contributed by atoms with van der Waals surface area (Å²) in [6, 6.07) is 14.9. The van der Waals surface area contributed by atoms with Gasteiger partial charge in [0, 0.05) is 17.1 Å². The highest BCUT2D eigenvalue weighted by atomic mass is 35.5. The molecule has 0 radical (unpaired) electrons. The van der Waals surface area contributed by atoms with E-state index in [4.69, 9.17) is 21.9 Å². The summed E-state index contributed by atoms with van der Waals surface area (Å²) in [4.78, 5) is 18.3. The number of nitrogens with zero attached hydrogens (tertiary/aromatic N) is 3. The van der Waals surface area contributed by atoms with Crippen molar-refractivity contribution < 1.29 is 9.32 Å². The van der Waals surface area contributed by atoms with E-state index in [0.29, 0.717) is 36.2 Å². The van der Waals surface area contributed by atoms with Crippen LogP contribution in [0.5, 0.6) is 0 Å². The predicted octanol–water partition coefficient (Wildman–Crippen LogP) is 2.80. The van der Waals surface area contributed by atoms with Crippen LogP contribution in [0, 0.1) is 0 Å². The number of carbonyl (C=O) groups excluding carboxylic acids is 1. The molecule has 0 fully saturated rings. The van der Waals surface area contributed by atoms with Crippen LogP contribution in [0.1, 0.15) is 17.0 Å². The highest BCUT2D eigenvalue weighted by molar-refractivity contribution is 6.30. The topological polar surface area (TPSA) is 85.3 Å². The molecule has 3 aromatic rings. The molecule has 2 heterocycles. The van der Waals surface area contributed by atoms with E-state index >= 15 is 0 Å². The summed E-state index contributed by atoms with van der Waals surface area (Å²) in [5.41, 5.74) is 8.77. The molecular formula is C19H17ClN4O2. The number of rotatable bonds is 4. The number of carbonyl (C=O) groups is 1. The summed E-state index contributed by atoms with van der Waals surface area (Å²) in [7, 11) is 0. The molecule has 1 aromatic heterocycles. The monoisotopic (exact) mass is 368 g/mol. The Morgan fingerprint density at radius 3 is 2.65 bits per heavy atom. The fourth-order valence-corrected chi connectivity index (χ4v) is 3.36. The maximum atomic E-state index is 11.9. The molecule has 1 aliphatic heterocycles. The molecule has 1 amide bonds. The van der Waals surface area contributed by atoms with Gasteiger partial charge in [-0.25, -0.2) is 0 Å². The molecule has 0 saturated carbocycles. The van der Waals surface area contributed by atoms with Crippen molar-refractivity contribution >= 4 is 17.5 Å². The highest BCUT2D eigenvalue weighted by Crippen LogP contribution is 2.25. The van der Waals surface area contributed by atoms with Crippen LogP contribution in [0.4, 0.5) is 0 Å². The third-order valence-corrected chi connectivity index (χ3v) is 4.84. The van der Waals surface area contributed by atoms with Crippen molar-refractivity contribution in [1.29, 1.82) is 0 Å². The molecule has 0 saturated heterocycles. The Kier molecular flexibility index (Phi) is 4.44. The first-order valence-electron chi connectivity index (χ1n) is 8.29. The Morgan fingerprint density at radius 1 is 1.19 bits per heavy atom. The fourth-order valence-electron chi connectivity index (χ4n) is 3.23. The molecule has 1 unspecified atom stereocenters. The van der Waals surface area contributed by atoms with Gasteiger partial charge in [0.25, 0.3) is 0 Å². The van der Waals surface area contributed by atoms with Crippen LogP contribution in [-0.4, -0.2) is 27.0 Å². The van der Waals surface area contributed by atoms with E-state index in [9.17, 15) is 4.79 Å². The Morgan fingerprint density at radius 2 is 1.92 bits per heavy atom. The minimum Gasteiger partial charge on any atom is -0.368 e. The van der Waals surface area contributed by atoms with E-state index < -0.39 is 6.04 Å². The SMILES string of the molecule is NC(=O)C1Cc2ccccc2CN1Cc1nc(-c2ccc(Cl)cc2)no1. The molecule has 2 N–H and O–H groups in total. The molecule has 132 valence electrons. The van der Waals surface area contributed by atoms with Crippen LogP contribution < -0.4 is 5.73 Å². The molecule has 6 nitrogen and oxygen atoms in total. The molecule has 4 rings (SSSR count). The molecule has 2 aromatic carbocycles. The minimum absolute atomic E-state index is 0.350. The summed E-state index contributed by atoms with van der Waals surface area (Å²) in [5, 5.41) is 4.67. The largest absolute Gasteiger partial charge is 0.368 e. The highest BCUT2D eigenvalue weighted by Gasteiger charge is 2.31. The van der Waals surface area contributed by atoms with Gasteiger partial charge >= 0.3 is 0 Å². The van der Waals surface area contributed by atoms with Gasteiger partial charge in [0.2, 0.25) is 17.6 Å². The number of aromatic nitrogens is 2. The maximum absolute atomic E-state index is 11.9. The lowest BCUT2D eigenvalue weighted by atomic mass is 9.93. The van der Waals surface area contributed by atoms with Crippen molar-refractivity contribution in [3.63, 3.8) is 0 Å². The molecule has 0 bridgehead atoms. The number of amides is 1. The quantitative estimate of drug-likeness (QED) is 0.765. The average molecular weight is 369 g/mol. The second-order valence-corrected chi connectivity index (χ2v) is 6.75. The summed E-state index contributed by atoms with van der Waals surface area (Å²) in [6.07, 6.45) is 0.587. The molecule has 0 aliphatic carbocycles. The van der Waals surface area contributed by atoms with Gasteiger partial charge in [-0.2, -0.15) is 4.98 Å². The Bertz CT molecular complexity index is 939. The molecular weight excluding hydrogens is 352 g/mol. The Balaban J connectivity index is 1.56. The van der Waals surface area contributed by atoms with Gasteiger partial charge < -0.3 is 10.3 Å². The van der Waals surface area contributed by atoms with Crippen molar-refractivity contribution in [2.75, 3.05) is 0 Å². The summed E-state index contributed by atoms with van der Waals surface area (Å²) in [6.45, 7) is 0.977.